The van der Waals surface area contributed by atoms with Crippen LogP contribution in [0.15, 0.2) is 0 Å². The fourth-order valence-electron chi connectivity index (χ4n) is 0. The Hall–Kier alpha value is 1.08. The fourth-order valence-corrected chi connectivity index (χ4v) is 0. The molecule has 14 N–H and O–H groups in total. The molecule has 8 nitrogen and oxygen atoms in total. The second-order valence-electron chi connectivity index (χ2n) is 1.03. The molecule has 0 rings (SSSR count). The Labute approximate surface area is 117 Å². The number of aliphatic hydroxyl groups is 2. The summed E-state index contributed by atoms with van der Waals surface area (Å²) in [6, 6.07) is 0. The van der Waals surface area contributed by atoms with E-state index in [2.05, 4.69) is 0 Å². The molecule has 0 aromatic carbocycles. The minimum atomic E-state index is -0.560. The van der Waals surface area contributed by atoms with Crippen LogP contribution in [-0.4, -0.2) is 73.1 Å². The van der Waals surface area contributed by atoms with Crippen molar-refractivity contribution in [2.45, 2.75) is 13.0 Å². The first-order chi connectivity index (χ1) is 2.27. The molecule has 12 heteroatoms. The van der Waals surface area contributed by atoms with Gasteiger partial charge in [0.15, 0.2) is 0 Å². The summed E-state index contributed by atoms with van der Waals surface area (Å²) in [4.78, 5) is 0. The van der Waals surface area contributed by atoms with Gasteiger partial charge < -0.3 is 80.3 Å². The van der Waals surface area contributed by atoms with Gasteiger partial charge in [-0.3, -0.25) is 0 Å². The second kappa shape index (κ2) is 116. The molecule has 0 spiro atoms. The summed E-state index contributed by atoms with van der Waals surface area (Å²) in [5, 5.41) is 16.0. The number of rotatable bonds is 1. The van der Waals surface area contributed by atoms with Crippen molar-refractivity contribution in [3.05, 3.63) is 0 Å². The predicted molar refractivity (Wildman–Crippen MR) is 46.2 cm³/mol. The van der Waals surface area contributed by atoms with E-state index in [-0.39, 0.29) is 94.0 Å². The van der Waals surface area contributed by atoms with Crippen molar-refractivity contribution in [2.24, 2.45) is 0 Å². The van der Waals surface area contributed by atoms with E-state index in [1.54, 1.807) is 0 Å². The maximum absolute atomic E-state index is 8.11. The van der Waals surface area contributed by atoms with Crippen LogP contribution in [0.1, 0.15) is 6.92 Å². The molecule has 104 valence electrons. The van der Waals surface area contributed by atoms with Gasteiger partial charge in [0.2, 0.25) is 0 Å². The van der Waals surface area contributed by atoms with Gasteiger partial charge in [-0.1, -0.05) is 0 Å². The Morgan fingerprint density at radius 3 is 0.867 bits per heavy atom. The van der Waals surface area contributed by atoms with Crippen molar-refractivity contribution in [3.63, 3.8) is 0 Å². The van der Waals surface area contributed by atoms with Crippen LogP contribution in [0.5, 0.6) is 0 Å². The summed E-state index contributed by atoms with van der Waals surface area (Å²) >= 11 is 0. The number of hydrogen-bond acceptors (Lipinski definition) is 2. The summed E-state index contributed by atoms with van der Waals surface area (Å²) in [7, 11) is 0. The summed E-state index contributed by atoms with van der Waals surface area (Å²) in [6.45, 7) is 1.39. The SMILES string of the molecule is CC(O)CO.O.O.O.O.O.O.[Al+3].[Cl-].[Cl-].[Cl-]. The third-order valence-electron chi connectivity index (χ3n) is 0.264. The Balaban J connectivity index is -0.00000000178. The Morgan fingerprint density at radius 2 is 0.867 bits per heavy atom. The van der Waals surface area contributed by atoms with E-state index < -0.39 is 6.10 Å². The Morgan fingerprint density at radius 1 is 0.800 bits per heavy atom. The Kier molecular flexibility index (Phi) is 1090. The smallest absolute Gasteiger partial charge is 1.00 e. The van der Waals surface area contributed by atoms with E-state index in [0.29, 0.717) is 0 Å². The zero-order chi connectivity index (χ0) is 4.28. The fraction of sp³-hybridized carbons (Fsp3) is 1.00. The molecular formula is C3H20AlCl3O8. The molecule has 0 bridgehead atoms. The third-order valence-corrected chi connectivity index (χ3v) is 0.264. The summed E-state index contributed by atoms with van der Waals surface area (Å²) in [5.41, 5.74) is 0. The first-order valence-electron chi connectivity index (χ1n) is 1.56. The van der Waals surface area contributed by atoms with Crippen LogP contribution < -0.4 is 37.2 Å². The first-order valence-corrected chi connectivity index (χ1v) is 1.56. The molecule has 0 saturated heterocycles. The van der Waals surface area contributed by atoms with Crippen LogP contribution >= 0.6 is 0 Å². The van der Waals surface area contributed by atoms with Crippen molar-refractivity contribution in [2.75, 3.05) is 6.61 Å². The second-order valence-corrected chi connectivity index (χ2v) is 1.03. The van der Waals surface area contributed by atoms with Gasteiger partial charge in [0.05, 0.1) is 12.7 Å². The molecule has 0 radical (unpaired) electrons. The van der Waals surface area contributed by atoms with Crippen LogP contribution in [-0.2, 0) is 0 Å². The average molecular weight is 318 g/mol. The zero-order valence-electron chi connectivity index (χ0n) is 7.89. The molecule has 1 atom stereocenters. The van der Waals surface area contributed by atoms with E-state index in [4.69, 9.17) is 10.2 Å². The molecule has 0 aliphatic rings. The van der Waals surface area contributed by atoms with Crippen molar-refractivity contribution in [3.8, 4) is 0 Å². The van der Waals surface area contributed by atoms with Crippen molar-refractivity contribution >= 4 is 17.4 Å². The molecule has 0 aliphatic heterocycles. The van der Waals surface area contributed by atoms with Crippen LogP contribution in [0.4, 0.5) is 0 Å². The van der Waals surface area contributed by atoms with Gasteiger partial charge in [0.1, 0.15) is 0 Å². The van der Waals surface area contributed by atoms with Crippen molar-refractivity contribution < 1.29 is 80.3 Å². The molecule has 0 heterocycles. The van der Waals surface area contributed by atoms with E-state index in [0.717, 1.165) is 0 Å². The molecule has 0 saturated carbocycles. The van der Waals surface area contributed by atoms with Gasteiger partial charge in [-0.2, -0.15) is 0 Å². The Bertz CT molecular complexity index is 39.1. The number of aliphatic hydroxyl groups excluding tert-OH is 2. The molecule has 0 fully saturated rings. The minimum absolute atomic E-state index is 0. The van der Waals surface area contributed by atoms with E-state index >= 15 is 0 Å². The van der Waals surface area contributed by atoms with Crippen LogP contribution in [0.2, 0.25) is 0 Å². The van der Waals surface area contributed by atoms with E-state index in [1.165, 1.54) is 6.92 Å². The van der Waals surface area contributed by atoms with Crippen LogP contribution in [0.25, 0.3) is 0 Å². The molecule has 0 aromatic heterocycles. The molecule has 0 aromatic rings. The van der Waals surface area contributed by atoms with Gasteiger partial charge in [-0.15, -0.1) is 0 Å². The van der Waals surface area contributed by atoms with E-state index in [9.17, 15) is 0 Å². The zero-order valence-corrected chi connectivity index (χ0v) is 11.3. The summed E-state index contributed by atoms with van der Waals surface area (Å²) < 4.78 is 0. The van der Waals surface area contributed by atoms with Gasteiger partial charge in [0, 0.05) is 0 Å². The maximum atomic E-state index is 8.11. The number of halogens is 3. The average Bonchev–Trinajstić information content (AvgIpc) is 1.38. The maximum Gasteiger partial charge on any atom is 3.00 e. The van der Waals surface area contributed by atoms with Gasteiger partial charge in [-0.25, -0.2) is 0 Å². The minimum Gasteiger partial charge on any atom is -1.00 e. The topological polar surface area (TPSA) is 229 Å². The standard InChI is InChI=1S/C3H8O2.Al.3ClH.6H2O/c1-3(5)2-4;;;;;;;;;;/h3-5H,2H2,1H3;;3*1H;6*1H2/q;+3;;;;;;;;;/p-3. The predicted octanol–water partition coefficient (Wildman–Crippen LogP) is -15.0. The van der Waals surface area contributed by atoms with Gasteiger partial charge in [-0.05, 0) is 6.92 Å². The largest absolute Gasteiger partial charge is 3.00 e. The van der Waals surface area contributed by atoms with Crippen LogP contribution in [0.3, 0.4) is 0 Å². The molecule has 0 aliphatic carbocycles. The molecule has 15 heavy (non-hydrogen) atoms. The van der Waals surface area contributed by atoms with Crippen LogP contribution in [0, 0.1) is 0 Å². The first kappa shape index (κ1) is 142. The third kappa shape index (κ3) is 272. The summed E-state index contributed by atoms with van der Waals surface area (Å²) in [6.07, 6.45) is -0.560. The molecule has 1 unspecified atom stereocenters. The van der Waals surface area contributed by atoms with E-state index in [1.807, 2.05) is 0 Å². The molecular weight excluding hydrogens is 297 g/mol. The van der Waals surface area contributed by atoms with Gasteiger partial charge >= 0.3 is 17.4 Å². The monoisotopic (exact) mass is 316 g/mol. The normalized spacial score (nSPS) is 5.00. The number of hydrogen-bond donors (Lipinski definition) is 2. The molecule has 0 amide bonds. The van der Waals surface area contributed by atoms with Gasteiger partial charge in [0.25, 0.3) is 0 Å². The quantitative estimate of drug-likeness (QED) is 0.448. The summed E-state index contributed by atoms with van der Waals surface area (Å²) in [5.74, 6) is 0. The van der Waals surface area contributed by atoms with Crippen molar-refractivity contribution in [1.82, 2.24) is 0 Å². The van der Waals surface area contributed by atoms with Crippen molar-refractivity contribution in [1.29, 1.82) is 0 Å².